The molecule has 2 aromatic rings. The van der Waals surface area contributed by atoms with Crippen molar-refractivity contribution in [2.45, 2.75) is 19.3 Å². The molecule has 0 bridgehead atoms. The molecule has 1 N–H and O–H groups in total. The zero-order valence-electron chi connectivity index (χ0n) is 18.7. The number of hydrogen-bond acceptors (Lipinski definition) is 5. The van der Waals surface area contributed by atoms with E-state index in [-0.39, 0.29) is 0 Å². The van der Waals surface area contributed by atoms with Crippen LogP contribution < -0.4 is 10.1 Å². The molecule has 0 radical (unpaired) electrons. The molecule has 1 atom stereocenters. The molecule has 1 aromatic heterocycles. The third kappa shape index (κ3) is 7.92. The van der Waals surface area contributed by atoms with E-state index in [0.29, 0.717) is 25.7 Å². The van der Waals surface area contributed by atoms with E-state index >= 15 is 0 Å². The molecule has 1 saturated heterocycles. The second-order valence-electron chi connectivity index (χ2n) is 7.73. The van der Waals surface area contributed by atoms with Gasteiger partial charge in [0.1, 0.15) is 11.5 Å². The fraction of sp³-hybridized carbons (Fsp3) is 0.542. The Morgan fingerprint density at radius 2 is 2.03 bits per heavy atom. The van der Waals surface area contributed by atoms with Crippen LogP contribution in [0.3, 0.4) is 0 Å². The van der Waals surface area contributed by atoms with Crippen molar-refractivity contribution >= 4 is 5.96 Å². The second kappa shape index (κ2) is 13.0. The SMILES string of the molecule is COCCOCC1CCN(C(=NCCc2ccco2)NCCc2ccc(OC)cc2)C1. The van der Waals surface area contributed by atoms with Crippen molar-refractivity contribution < 1.29 is 18.6 Å². The first kappa shape index (κ1) is 23.2. The molecule has 1 aliphatic heterocycles. The number of nitrogens with zero attached hydrogens (tertiary/aromatic N) is 2. The van der Waals surface area contributed by atoms with Gasteiger partial charge in [0.05, 0.1) is 33.2 Å². The molecule has 2 heterocycles. The van der Waals surface area contributed by atoms with Gasteiger partial charge in [-0.05, 0) is 42.7 Å². The number of hydrogen-bond donors (Lipinski definition) is 1. The van der Waals surface area contributed by atoms with Crippen LogP contribution in [-0.4, -0.2) is 71.1 Å². The summed E-state index contributed by atoms with van der Waals surface area (Å²) in [5, 5.41) is 3.57. The summed E-state index contributed by atoms with van der Waals surface area (Å²) in [5.74, 6) is 3.34. The number of benzene rings is 1. The number of ether oxygens (including phenoxy) is 3. The van der Waals surface area contributed by atoms with E-state index < -0.39 is 0 Å². The first-order chi connectivity index (χ1) is 15.3. The van der Waals surface area contributed by atoms with Gasteiger partial charge in [-0.3, -0.25) is 4.99 Å². The summed E-state index contributed by atoms with van der Waals surface area (Å²) in [6, 6.07) is 12.1. The Bertz CT molecular complexity index is 762. The van der Waals surface area contributed by atoms with Gasteiger partial charge in [0.15, 0.2) is 5.96 Å². The predicted octanol–water partition coefficient (Wildman–Crippen LogP) is 3.00. The number of rotatable bonds is 12. The van der Waals surface area contributed by atoms with Crippen LogP contribution in [0.5, 0.6) is 5.75 Å². The van der Waals surface area contributed by atoms with Crippen LogP contribution >= 0.6 is 0 Å². The lowest BCUT2D eigenvalue weighted by Gasteiger charge is -2.22. The average molecular weight is 430 g/mol. The molecule has 7 heteroatoms. The Balaban J connectivity index is 1.51. The number of methoxy groups -OCH3 is 2. The lowest BCUT2D eigenvalue weighted by Crippen LogP contribution is -2.41. The minimum absolute atomic E-state index is 0.524. The van der Waals surface area contributed by atoms with Gasteiger partial charge in [-0.1, -0.05) is 12.1 Å². The number of furan rings is 1. The van der Waals surface area contributed by atoms with Crippen LogP contribution in [0.15, 0.2) is 52.1 Å². The Hall–Kier alpha value is -2.51. The van der Waals surface area contributed by atoms with Crippen LogP contribution in [0.25, 0.3) is 0 Å². The van der Waals surface area contributed by atoms with Crippen molar-refractivity contribution in [2.24, 2.45) is 10.9 Å². The summed E-state index contributed by atoms with van der Waals surface area (Å²) < 4.78 is 21.5. The fourth-order valence-electron chi connectivity index (χ4n) is 3.66. The van der Waals surface area contributed by atoms with Gasteiger partial charge in [0, 0.05) is 45.6 Å². The minimum atomic E-state index is 0.524. The molecule has 31 heavy (non-hydrogen) atoms. The molecule has 7 nitrogen and oxygen atoms in total. The Labute approximate surface area is 185 Å². The van der Waals surface area contributed by atoms with E-state index in [9.17, 15) is 0 Å². The predicted molar refractivity (Wildman–Crippen MR) is 122 cm³/mol. The molecule has 1 unspecified atom stereocenters. The summed E-state index contributed by atoms with van der Waals surface area (Å²) in [4.78, 5) is 7.22. The number of nitrogens with one attached hydrogen (secondary N) is 1. The Morgan fingerprint density at radius 1 is 1.16 bits per heavy atom. The van der Waals surface area contributed by atoms with Gasteiger partial charge < -0.3 is 28.8 Å². The lowest BCUT2D eigenvalue weighted by atomic mass is 10.1. The van der Waals surface area contributed by atoms with Crippen molar-refractivity contribution in [3.8, 4) is 5.75 Å². The largest absolute Gasteiger partial charge is 0.497 e. The smallest absolute Gasteiger partial charge is 0.193 e. The van der Waals surface area contributed by atoms with E-state index in [0.717, 1.165) is 63.0 Å². The molecule has 1 aliphatic rings. The summed E-state index contributed by atoms with van der Waals surface area (Å²) in [7, 11) is 3.39. The zero-order valence-corrected chi connectivity index (χ0v) is 18.7. The molecule has 0 saturated carbocycles. The first-order valence-electron chi connectivity index (χ1n) is 11.0. The third-order valence-electron chi connectivity index (χ3n) is 5.43. The Kier molecular flexibility index (Phi) is 9.73. The van der Waals surface area contributed by atoms with E-state index in [1.807, 2.05) is 24.3 Å². The van der Waals surface area contributed by atoms with Gasteiger partial charge in [-0.2, -0.15) is 0 Å². The first-order valence-corrected chi connectivity index (χ1v) is 11.0. The molecule has 1 fully saturated rings. The molecule has 1 aromatic carbocycles. The Morgan fingerprint density at radius 3 is 2.77 bits per heavy atom. The summed E-state index contributed by atoms with van der Waals surface area (Å²) in [5.41, 5.74) is 1.27. The van der Waals surface area contributed by atoms with E-state index in [2.05, 4.69) is 22.3 Å². The maximum Gasteiger partial charge on any atom is 0.193 e. The molecule has 0 spiro atoms. The highest BCUT2D eigenvalue weighted by molar-refractivity contribution is 5.80. The summed E-state index contributed by atoms with van der Waals surface area (Å²) in [6.07, 6.45) is 4.55. The number of aliphatic imine (C=N–C) groups is 1. The summed E-state index contributed by atoms with van der Waals surface area (Å²) in [6.45, 7) is 5.54. The van der Waals surface area contributed by atoms with Crippen LogP contribution in [-0.2, 0) is 22.3 Å². The van der Waals surface area contributed by atoms with E-state index in [1.165, 1.54) is 5.56 Å². The maximum absolute atomic E-state index is 5.74. The average Bonchev–Trinajstić information content (AvgIpc) is 3.48. The zero-order chi connectivity index (χ0) is 21.7. The van der Waals surface area contributed by atoms with Crippen molar-refractivity contribution in [1.82, 2.24) is 10.2 Å². The lowest BCUT2D eigenvalue weighted by molar-refractivity contribution is 0.0536. The van der Waals surface area contributed by atoms with Gasteiger partial charge in [-0.15, -0.1) is 0 Å². The standard InChI is InChI=1S/C24H35N3O4/c1-28-16-17-30-19-21-11-14-27(18-21)24(26-13-10-23-4-3-15-31-23)25-12-9-20-5-7-22(29-2)8-6-20/h3-8,15,21H,9-14,16-19H2,1-2H3,(H,25,26). The second-order valence-corrected chi connectivity index (χ2v) is 7.73. The molecular formula is C24H35N3O4. The van der Waals surface area contributed by atoms with E-state index in [4.69, 9.17) is 23.6 Å². The van der Waals surface area contributed by atoms with Crippen LogP contribution in [0, 0.1) is 5.92 Å². The van der Waals surface area contributed by atoms with Crippen LogP contribution in [0.1, 0.15) is 17.7 Å². The highest BCUT2D eigenvalue weighted by Gasteiger charge is 2.25. The summed E-state index contributed by atoms with van der Waals surface area (Å²) >= 11 is 0. The highest BCUT2D eigenvalue weighted by atomic mass is 16.5. The van der Waals surface area contributed by atoms with E-state index in [1.54, 1.807) is 20.5 Å². The monoisotopic (exact) mass is 429 g/mol. The van der Waals surface area contributed by atoms with Gasteiger partial charge in [-0.25, -0.2) is 0 Å². The minimum Gasteiger partial charge on any atom is -0.497 e. The molecule has 0 amide bonds. The highest BCUT2D eigenvalue weighted by Crippen LogP contribution is 2.17. The normalized spacial score (nSPS) is 16.6. The van der Waals surface area contributed by atoms with Gasteiger partial charge in [0.2, 0.25) is 0 Å². The molecular weight excluding hydrogens is 394 g/mol. The van der Waals surface area contributed by atoms with Crippen molar-refractivity contribution in [1.29, 1.82) is 0 Å². The van der Waals surface area contributed by atoms with Crippen molar-refractivity contribution in [3.05, 3.63) is 54.0 Å². The van der Waals surface area contributed by atoms with Crippen LogP contribution in [0.4, 0.5) is 0 Å². The fourth-order valence-corrected chi connectivity index (χ4v) is 3.66. The molecule has 0 aliphatic carbocycles. The van der Waals surface area contributed by atoms with Crippen molar-refractivity contribution in [3.63, 3.8) is 0 Å². The maximum atomic E-state index is 5.74. The quantitative estimate of drug-likeness (QED) is 0.318. The molecule has 3 rings (SSSR count). The third-order valence-corrected chi connectivity index (χ3v) is 5.43. The van der Waals surface area contributed by atoms with Gasteiger partial charge >= 0.3 is 0 Å². The van der Waals surface area contributed by atoms with Crippen LogP contribution in [0.2, 0.25) is 0 Å². The number of likely N-dealkylation sites (tertiary alicyclic amines) is 1. The van der Waals surface area contributed by atoms with Gasteiger partial charge in [0.25, 0.3) is 0 Å². The molecule has 170 valence electrons. The van der Waals surface area contributed by atoms with Crippen molar-refractivity contribution in [2.75, 3.05) is 60.2 Å². The topological polar surface area (TPSA) is 68.5 Å². The number of guanidine groups is 1.